The summed E-state index contributed by atoms with van der Waals surface area (Å²) in [6, 6.07) is -1.23. The Morgan fingerprint density at radius 2 is 2.07 bits per heavy atom. The van der Waals surface area contributed by atoms with E-state index in [4.69, 9.17) is 25.8 Å². The number of ether oxygens (including phenoxy) is 1. The standard InChI is InChI=1S/C10H14N8O9P2/c11-8-6-9(14-2-13-8)18(3-15-6)10-5(16-17-12)7(19)4(26-10)1-25-29(23,24)27-28(20,21)22/h2-5,7,10,19H,1H2,(H,23,24)(H2,11,13,14)(H2,20,21,22)/t4-,5-,7-,10-/m1/s1. The molecule has 6 N–H and O–H groups in total. The molecule has 0 amide bonds. The van der Waals surface area contributed by atoms with Crippen molar-refractivity contribution in [2.24, 2.45) is 5.11 Å². The Balaban J connectivity index is 1.84. The number of fused-ring (bicyclic) bond motifs is 1. The molecule has 0 aromatic carbocycles. The van der Waals surface area contributed by atoms with Crippen molar-refractivity contribution in [3.63, 3.8) is 0 Å². The number of nitrogens with zero attached hydrogens (tertiary/aromatic N) is 7. The molecule has 158 valence electrons. The second-order valence-electron chi connectivity index (χ2n) is 5.67. The van der Waals surface area contributed by atoms with Crippen LogP contribution in [0, 0.1) is 0 Å². The van der Waals surface area contributed by atoms with Crippen molar-refractivity contribution < 1.29 is 42.5 Å². The number of anilines is 1. The zero-order valence-electron chi connectivity index (χ0n) is 14.1. The van der Waals surface area contributed by atoms with E-state index in [2.05, 4.69) is 33.8 Å². The lowest BCUT2D eigenvalue weighted by atomic mass is 10.1. The fraction of sp³-hybridized carbons (Fsp3) is 0.500. The Kier molecular flexibility index (Phi) is 5.89. The van der Waals surface area contributed by atoms with Crippen LogP contribution >= 0.6 is 15.6 Å². The number of hydrogen-bond donors (Lipinski definition) is 5. The van der Waals surface area contributed by atoms with Crippen LogP contribution in [0.25, 0.3) is 21.6 Å². The van der Waals surface area contributed by atoms with Gasteiger partial charge in [-0.05, 0) is 5.53 Å². The highest BCUT2D eigenvalue weighted by molar-refractivity contribution is 7.60. The SMILES string of the molecule is [N-]=[N+]=N[C@@H]1[C@H](O)[C@@H](COP(=O)(O)OP(=O)(O)O)O[C@H]1n1cnc2c(N)ncnc21. The zero-order chi connectivity index (χ0) is 21.4. The molecule has 0 aliphatic carbocycles. The molecule has 0 saturated carbocycles. The number of hydrogen-bond acceptors (Lipinski definition) is 11. The van der Waals surface area contributed by atoms with E-state index >= 15 is 0 Å². The number of phosphoric ester groups is 1. The van der Waals surface area contributed by atoms with E-state index in [0.29, 0.717) is 0 Å². The van der Waals surface area contributed by atoms with Crippen molar-refractivity contribution in [3.8, 4) is 0 Å². The van der Waals surface area contributed by atoms with Crippen molar-refractivity contribution in [2.75, 3.05) is 12.3 Å². The van der Waals surface area contributed by atoms with Gasteiger partial charge in [0.25, 0.3) is 0 Å². The van der Waals surface area contributed by atoms with Gasteiger partial charge < -0.3 is 30.3 Å². The third-order valence-corrected chi connectivity index (χ3v) is 5.95. The van der Waals surface area contributed by atoms with Gasteiger partial charge in [-0.25, -0.2) is 24.1 Å². The summed E-state index contributed by atoms with van der Waals surface area (Å²) < 4.78 is 37.3. The molecule has 17 nitrogen and oxygen atoms in total. The topological polar surface area (TPSA) is 261 Å². The van der Waals surface area contributed by atoms with Gasteiger partial charge >= 0.3 is 15.6 Å². The van der Waals surface area contributed by atoms with Gasteiger partial charge in [-0.3, -0.25) is 9.09 Å². The number of azide groups is 1. The minimum atomic E-state index is -5.32. The molecular weight excluding hydrogens is 438 g/mol. The average molecular weight is 452 g/mol. The number of nitrogen functional groups attached to an aromatic ring is 1. The van der Waals surface area contributed by atoms with Crippen molar-refractivity contribution in [3.05, 3.63) is 23.1 Å². The predicted octanol–water partition coefficient (Wildman–Crippen LogP) is -0.428. The molecular formula is C10H14N8O9P2. The molecule has 0 radical (unpaired) electrons. The van der Waals surface area contributed by atoms with Crippen LogP contribution in [0.5, 0.6) is 0 Å². The van der Waals surface area contributed by atoms with Crippen LogP contribution in [0.4, 0.5) is 5.82 Å². The normalized spacial score (nSPS) is 26.9. The Morgan fingerprint density at radius 3 is 2.72 bits per heavy atom. The number of phosphoric acid groups is 2. The first kappa shape index (κ1) is 21.5. The summed E-state index contributed by atoms with van der Waals surface area (Å²) in [6.07, 6.45) is -1.61. The first-order valence-electron chi connectivity index (χ1n) is 7.57. The van der Waals surface area contributed by atoms with Gasteiger partial charge in [0.1, 0.15) is 30.2 Å². The smallest absolute Gasteiger partial charge is 0.390 e. The highest BCUT2D eigenvalue weighted by Crippen LogP contribution is 2.57. The molecule has 0 spiro atoms. The van der Waals surface area contributed by atoms with E-state index in [1.807, 2.05) is 0 Å². The van der Waals surface area contributed by atoms with E-state index in [0.717, 1.165) is 6.33 Å². The lowest BCUT2D eigenvalue weighted by Crippen LogP contribution is -2.32. The fourth-order valence-electron chi connectivity index (χ4n) is 2.66. The van der Waals surface area contributed by atoms with Crippen molar-refractivity contribution in [1.29, 1.82) is 0 Å². The summed E-state index contributed by atoms with van der Waals surface area (Å²) >= 11 is 0. The quantitative estimate of drug-likeness (QED) is 0.155. The second kappa shape index (κ2) is 7.93. The molecule has 1 saturated heterocycles. The first-order chi connectivity index (χ1) is 13.5. The molecule has 29 heavy (non-hydrogen) atoms. The molecule has 1 fully saturated rings. The molecule has 3 rings (SSSR count). The number of aliphatic hydroxyl groups is 1. The number of imidazole rings is 1. The first-order valence-corrected chi connectivity index (χ1v) is 10.6. The summed E-state index contributed by atoms with van der Waals surface area (Å²) in [5.41, 5.74) is 14.9. The van der Waals surface area contributed by atoms with E-state index in [1.165, 1.54) is 10.9 Å². The molecule has 0 bridgehead atoms. The van der Waals surface area contributed by atoms with Gasteiger partial charge in [-0.15, -0.1) is 0 Å². The molecule has 1 unspecified atom stereocenters. The van der Waals surface area contributed by atoms with Crippen LogP contribution in [0.15, 0.2) is 17.8 Å². The van der Waals surface area contributed by atoms with Gasteiger partial charge in [0.05, 0.1) is 19.0 Å². The third kappa shape index (κ3) is 4.71. The maximum absolute atomic E-state index is 11.6. The summed E-state index contributed by atoms with van der Waals surface area (Å²) in [5, 5.41) is 13.8. The molecule has 3 heterocycles. The third-order valence-electron chi connectivity index (χ3n) is 3.79. The Hall–Kier alpha value is -2.16. The van der Waals surface area contributed by atoms with Crippen LogP contribution in [-0.4, -0.2) is 64.2 Å². The Bertz CT molecular complexity index is 1050. The lowest BCUT2D eigenvalue weighted by Gasteiger charge is -2.18. The summed E-state index contributed by atoms with van der Waals surface area (Å²) in [6.45, 7) is -0.827. The highest BCUT2D eigenvalue weighted by Gasteiger charge is 2.46. The largest absolute Gasteiger partial charge is 0.481 e. The summed E-state index contributed by atoms with van der Waals surface area (Å²) in [4.78, 5) is 41.0. The summed E-state index contributed by atoms with van der Waals surface area (Å²) in [7, 11) is -10.5. The molecule has 2 aromatic heterocycles. The summed E-state index contributed by atoms with van der Waals surface area (Å²) in [5.74, 6) is 0.0725. The van der Waals surface area contributed by atoms with Gasteiger partial charge in [-0.2, -0.15) is 4.31 Å². The number of rotatable bonds is 7. The minimum absolute atomic E-state index is 0.0725. The fourth-order valence-corrected chi connectivity index (χ4v) is 4.26. The van der Waals surface area contributed by atoms with Gasteiger partial charge in [0.15, 0.2) is 11.5 Å². The van der Waals surface area contributed by atoms with Crippen LogP contribution < -0.4 is 5.73 Å². The predicted molar refractivity (Wildman–Crippen MR) is 91.5 cm³/mol. The van der Waals surface area contributed by atoms with Crippen molar-refractivity contribution >= 4 is 32.6 Å². The van der Waals surface area contributed by atoms with Crippen LogP contribution in [0.2, 0.25) is 0 Å². The van der Waals surface area contributed by atoms with E-state index < -0.39 is 46.7 Å². The van der Waals surface area contributed by atoms with E-state index in [-0.39, 0.29) is 17.0 Å². The van der Waals surface area contributed by atoms with Crippen molar-refractivity contribution in [1.82, 2.24) is 19.5 Å². The number of aliphatic hydroxyl groups excluding tert-OH is 1. The monoisotopic (exact) mass is 452 g/mol. The molecule has 1 aliphatic heterocycles. The minimum Gasteiger partial charge on any atom is -0.390 e. The second-order valence-corrected chi connectivity index (χ2v) is 8.50. The zero-order valence-corrected chi connectivity index (χ0v) is 15.9. The highest BCUT2D eigenvalue weighted by atomic mass is 31.3. The van der Waals surface area contributed by atoms with Crippen LogP contribution in [0.3, 0.4) is 0 Å². The molecule has 2 aromatic rings. The molecule has 19 heteroatoms. The van der Waals surface area contributed by atoms with Gasteiger partial charge in [0.2, 0.25) is 0 Å². The van der Waals surface area contributed by atoms with Gasteiger partial charge in [-0.1, -0.05) is 5.11 Å². The van der Waals surface area contributed by atoms with Crippen LogP contribution in [-0.2, 0) is 22.7 Å². The number of nitrogens with two attached hydrogens (primary N) is 1. The average Bonchev–Trinajstić information content (AvgIpc) is 3.15. The molecule has 1 aliphatic rings. The number of aromatic nitrogens is 4. The maximum Gasteiger partial charge on any atom is 0.481 e. The van der Waals surface area contributed by atoms with E-state index in [1.54, 1.807) is 0 Å². The maximum atomic E-state index is 11.6. The Labute approximate surface area is 160 Å². The molecule has 5 atom stereocenters. The van der Waals surface area contributed by atoms with Gasteiger partial charge in [0, 0.05) is 4.91 Å². The van der Waals surface area contributed by atoms with E-state index in [9.17, 15) is 19.1 Å². The van der Waals surface area contributed by atoms with Crippen molar-refractivity contribution in [2.45, 2.75) is 24.5 Å². The van der Waals surface area contributed by atoms with Crippen LogP contribution in [0.1, 0.15) is 6.23 Å². The lowest BCUT2D eigenvalue weighted by molar-refractivity contribution is -0.0428. The Morgan fingerprint density at radius 1 is 1.34 bits per heavy atom.